The zero-order chi connectivity index (χ0) is 18.9. The van der Waals surface area contributed by atoms with E-state index in [4.69, 9.17) is 18.9 Å². The average Bonchev–Trinajstić information content (AvgIpc) is 2.66. The van der Waals surface area contributed by atoms with E-state index in [1.807, 2.05) is 13.8 Å². The number of hydrogen-bond acceptors (Lipinski definition) is 5. The fourth-order valence-electron chi connectivity index (χ4n) is 2.33. The van der Waals surface area contributed by atoms with Gasteiger partial charge in [0, 0.05) is 29.4 Å². The Morgan fingerprint density at radius 2 is 1.62 bits per heavy atom. The van der Waals surface area contributed by atoms with E-state index in [1.165, 1.54) is 0 Å². The molecule has 0 aliphatic carbocycles. The summed E-state index contributed by atoms with van der Waals surface area (Å²) in [7, 11) is 3.12. The predicted molar refractivity (Wildman–Crippen MR) is 101 cm³/mol. The highest BCUT2D eigenvalue weighted by molar-refractivity contribution is 6.04. The molecule has 0 spiro atoms. The molecular weight excluding hydrogens is 334 g/mol. The summed E-state index contributed by atoms with van der Waals surface area (Å²) in [6, 6.07) is 10.3. The van der Waals surface area contributed by atoms with Gasteiger partial charge in [0.25, 0.3) is 5.91 Å². The second-order valence-electron chi connectivity index (χ2n) is 5.50. The molecule has 0 aliphatic rings. The maximum atomic E-state index is 12.6. The lowest BCUT2D eigenvalue weighted by Crippen LogP contribution is -2.12. The third-order valence-electron chi connectivity index (χ3n) is 3.58. The van der Waals surface area contributed by atoms with E-state index in [1.54, 1.807) is 50.6 Å². The first-order valence-corrected chi connectivity index (χ1v) is 8.55. The van der Waals surface area contributed by atoms with Gasteiger partial charge in [0.15, 0.2) is 11.5 Å². The van der Waals surface area contributed by atoms with Crippen molar-refractivity contribution in [2.24, 2.45) is 0 Å². The minimum atomic E-state index is -0.261. The average molecular weight is 359 g/mol. The van der Waals surface area contributed by atoms with Crippen LogP contribution in [-0.4, -0.2) is 33.3 Å². The number of ether oxygens (including phenoxy) is 4. The number of amides is 1. The van der Waals surface area contributed by atoms with Gasteiger partial charge in [0.1, 0.15) is 11.5 Å². The van der Waals surface area contributed by atoms with Crippen LogP contribution in [0.25, 0.3) is 0 Å². The third-order valence-corrected chi connectivity index (χ3v) is 3.58. The van der Waals surface area contributed by atoms with Crippen molar-refractivity contribution in [3.05, 3.63) is 42.0 Å². The summed E-state index contributed by atoms with van der Waals surface area (Å²) in [5.74, 6) is 2.12. The maximum Gasteiger partial charge on any atom is 0.255 e. The molecule has 2 rings (SSSR count). The number of carbonyl (C=O) groups excluding carboxylic acids is 1. The predicted octanol–water partition coefficient (Wildman–Crippen LogP) is 4.14. The topological polar surface area (TPSA) is 66.0 Å². The van der Waals surface area contributed by atoms with Gasteiger partial charge in [0.05, 0.1) is 27.4 Å². The molecule has 0 saturated carbocycles. The van der Waals surface area contributed by atoms with Crippen LogP contribution in [0.4, 0.5) is 5.69 Å². The largest absolute Gasteiger partial charge is 0.497 e. The maximum absolute atomic E-state index is 12.6. The van der Waals surface area contributed by atoms with Crippen molar-refractivity contribution >= 4 is 11.6 Å². The van der Waals surface area contributed by atoms with Crippen LogP contribution in [0.1, 0.15) is 30.6 Å². The van der Waals surface area contributed by atoms with Crippen LogP contribution in [0.2, 0.25) is 0 Å². The first-order chi connectivity index (χ1) is 12.6. The highest BCUT2D eigenvalue weighted by atomic mass is 16.5. The monoisotopic (exact) mass is 359 g/mol. The first kappa shape index (κ1) is 19.4. The highest BCUT2D eigenvalue weighted by Gasteiger charge is 2.13. The van der Waals surface area contributed by atoms with E-state index in [9.17, 15) is 4.79 Å². The number of carbonyl (C=O) groups is 1. The van der Waals surface area contributed by atoms with Crippen molar-refractivity contribution < 1.29 is 23.7 Å². The van der Waals surface area contributed by atoms with Gasteiger partial charge in [-0.25, -0.2) is 0 Å². The second kappa shape index (κ2) is 9.56. The smallest absolute Gasteiger partial charge is 0.255 e. The van der Waals surface area contributed by atoms with Crippen molar-refractivity contribution in [2.75, 3.05) is 32.8 Å². The molecule has 6 heteroatoms. The number of hydrogen-bond donors (Lipinski definition) is 1. The molecule has 0 atom stereocenters. The van der Waals surface area contributed by atoms with E-state index in [0.29, 0.717) is 47.5 Å². The zero-order valence-electron chi connectivity index (χ0n) is 15.6. The lowest BCUT2D eigenvalue weighted by atomic mass is 10.1. The van der Waals surface area contributed by atoms with Crippen LogP contribution < -0.4 is 24.3 Å². The minimum Gasteiger partial charge on any atom is -0.497 e. The van der Waals surface area contributed by atoms with Crippen molar-refractivity contribution in [3.8, 4) is 23.0 Å². The lowest BCUT2D eigenvalue weighted by Gasteiger charge is -2.13. The molecule has 2 aromatic carbocycles. The number of anilines is 1. The summed E-state index contributed by atoms with van der Waals surface area (Å²) >= 11 is 0. The summed E-state index contributed by atoms with van der Waals surface area (Å²) in [6.45, 7) is 5.00. The Morgan fingerprint density at radius 3 is 2.19 bits per heavy atom. The normalized spacial score (nSPS) is 10.2. The number of rotatable bonds is 9. The van der Waals surface area contributed by atoms with Crippen LogP contribution in [0.5, 0.6) is 23.0 Å². The van der Waals surface area contributed by atoms with Gasteiger partial charge in [-0.1, -0.05) is 6.92 Å². The molecule has 0 bridgehead atoms. The molecule has 1 amide bonds. The molecule has 0 saturated heterocycles. The Balaban J connectivity index is 2.22. The Bertz CT molecular complexity index is 723. The van der Waals surface area contributed by atoms with Gasteiger partial charge in [-0.2, -0.15) is 0 Å². The zero-order valence-corrected chi connectivity index (χ0v) is 15.6. The van der Waals surface area contributed by atoms with Gasteiger partial charge < -0.3 is 24.3 Å². The van der Waals surface area contributed by atoms with Gasteiger partial charge in [-0.15, -0.1) is 0 Å². The van der Waals surface area contributed by atoms with Crippen LogP contribution in [0, 0.1) is 0 Å². The highest BCUT2D eigenvalue weighted by Crippen LogP contribution is 2.30. The van der Waals surface area contributed by atoms with Crippen molar-refractivity contribution in [1.29, 1.82) is 0 Å². The number of methoxy groups -OCH3 is 2. The van der Waals surface area contributed by atoms with E-state index in [-0.39, 0.29) is 5.91 Å². The summed E-state index contributed by atoms with van der Waals surface area (Å²) in [5.41, 5.74) is 1.05. The Hall–Kier alpha value is -2.89. The van der Waals surface area contributed by atoms with Gasteiger partial charge >= 0.3 is 0 Å². The van der Waals surface area contributed by atoms with Crippen LogP contribution in [0.3, 0.4) is 0 Å². The summed E-state index contributed by atoms with van der Waals surface area (Å²) < 4.78 is 21.7. The summed E-state index contributed by atoms with van der Waals surface area (Å²) in [5, 5.41) is 2.84. The third kappa shape index (κ3) is 5.05. The Kier molecular flexibility index (Phi) is 7.14. The molecule has 0 radical (unpaired) electrons. The van der Waals surface area contributed by atoms with Gasteiger partial charge in [-0.05, 0) is 31.5 Å². The Morgan fingerprint density at radius 1 is 0.923 bits per heavy atom. The molecule has 26 heavy (non-hydrogen) atoms. The quantitative estimate of drug-likeness (QED) is 0.729. The molecule has 6 nitrogen and oxygen atoms in total. The van der Waals surface area contributed by atoms with Crippen molar-refractivity contribution in [2.45, 2.75) is 20.3 Å². The molecule has 1 N–H and O–H groups in total. The summed E-state index contributed by atoms with van der Waals surface area (Å²) in [6.07, 6.45) is 0.894. The molecule has 0 heterocycles. The lowest BCUT2D eigenvalue weighted by molar-refractivity contribution is 0.102. The fraction of sp³-hybridized carbons (Fsp3) is 0.350. The number of nitrogens with one attached hydrogen (secondary N) is 1. The van der Waals surface area contributed by atoms with E-state index in [0.717, 1.165) is 6.42 Å². The molecular formula is C20H25NO5. The Labute approximate surface area is 154 Å². The van der Waals surface area contributed by atoms with E-state index >= 15 is 0 Å². The van der Waals surface area contributed by atoms with Crippen LogP contribution in [-0.2, 0) is 0 Å². The molecule has 0 aliphatic heterocycles. The SMILES string of the molecule is CCCOc1ccc(C(=O)Nc2cc(OC)cc(OC)c2)cc1OCC. The van der Waals surface area contributed by atoms with Gasteiger partial charge in [0.2, 0.25) is 0 Å². The summed E-state index contributed by atoms with van der Waals surface area (Å²) in [4.78, 5) is 12.6. The van der Waals surface area contributed by atoms with E-state index in [2.05, 4.69) is 5.32 Å². The second-order valence-corrected chi connectivity index (χ2v) is 5.50. The van der Waals surface area contributed by atoms with E-state index < -0.39 is 0 Å². The fourth-order valence-corrected chi connectivity index (χ4v) is 2.33. The van der Waals surface area contributed by atoms with Crippen LogP contribution in [0.15, 0.2) is 36.4 Å². The molecule has 140 valence electrons. The van der Waals surface area contributed by atoms with Crippen molar-refractivity contribution in [3.63, 3.8) is 0 Å². The molecule has 0 fully saturated rings. The first-order valence-electron chi connectivity index (χ1n) is 8.55. The molecule has 0 unspecified atom stereocenters. The minimum absolute atomic E-state index is 0.261. The van der Waals surface area contributed by atoms with Gasteiger partial charge in [-0.3, -0.25) is 4.79 Å². The molecule has 0 aromatic heterocycles. The standard InChI is InChI=1S/C20H25NO5/c1-5-9-26-18-8-7-14(10-19(18)25-6-2)20(22)21-15-11-16(23-3)13-17(12-15)24-4/h7-8,10-13H,5-6,9H2,1-4H3,(H,21,22). The van der Waals surface area contributed by atoms with Crippen LogP contribution >= 0.6 is 0 Å². The molecule has 2 aromatic rings. The van der Waals surface area contributed by atoms with Crippen molar-refractivity contribution in [1.82, 2.24) is 0 Å². The number of benzene rings is 2.